The van der Waals surface area contributed by atoms with Crippen LogP contribution < -0.4 is 15.4 Å². The number of carbonyl (C=O) groups excluding carboxylic acids is 1. The van der Waals surface area contributed by atoms with Crippen LogP contribution in [-0.4, -0.2) is 50.9 Å². The number of halogens is 1. The van der Waals surface area contributed by atoms with Gasteiger partial charge in [0.05, 0.1) is 22.9 Å². The highest BCUT2D eigenvalue weighted by atomic mass is 35.5. The zero-order valence-electron chi connectivity index (χ0n) is 11.5. The van der Waals surface area contributed by atoms with Gasteiger partial charge in [0.15, 0.2) is 16.4 Å². The molecule has 1 aromatic carbocycles. The Kier molecular flexibility index (Phi) is 4.95. The Morgan fingerprint density at radius 3 is 2.52 bits per heavy atom. The molecule has 0 spiro atoms. The topological polar surface area (TPSA) is 84.5 Å². The molecule has 0 aliphatic carbocycles. The van der Waals surface area contributed by atoms with E-state index in [4.69, 9.17) is 16.3 Å². The molecule has 21 heavy (non-hydrogen) atoms. The van der Waals surface area contributed by atoms with E-state index < -0.39 is 21.3 Å². The summed E-state index contributed by atoms with van der Waals surface area (Å²) in [4.78, 5) is 11.8. The summed E-state index contributed by atoms with van der Waals surface area (Å²) in [6, 6.07) is 6.57. The first-order valence-electron chi connectivity index (χ1n) is 6.44. The number of ether oxygens (including phenoxy) is 1. The van der Waals surface area contributed by atoms with Gasteiger partial charge < -0.3 is 15.4 Å². The molecule has 2 unspecified atom stereocenters. The second-order valence-electron chi connectivity index (χ2n) is 4.83. The number of sulfone groups is 1. The molecular formula is C13H17ClN2O4S. The van der Waals surface area contributed by atoms with Crippen LogP contribution >= 0.6 is 11.6 Å². The molecule has 116 valence electrons. The van der Waals surface area contributed by atoms with Crippen molar-refractivity contribution in [3.8, 4) is 5.75 Å². The molecule has 1 aliphatic heterocycles. The number of anilines is 1. The summed E-state index contributed by atoms with van der Waals surface area (Å²) in [5.41, 5.74) is 0.938. The average Bonchev–Trinajstić information content (AvgIpc) is 2.69. The molecule has 8 heteroatoms. The number of nitrogens with one attached hydrogen (secondary N) is 2. The fourth-order valence-electron chi connectivity index (χ4n) is 2.05. The maximum Gasteiger partial charge on any atom is 0.258 e. The summed E-state index contributed by atoms with van der Waals surface area (Å²) in [6.45, 7) is -0.181. The molecule has 1 saturated heterocycles. The molecule has 0 bridgehead atoms. The van der Waals surface area contributed by atoms with Gasteiger partial charge in [-0.1, -0.05) is 0 Å². The van der Waals surface area contributed by atoms with Crippen molar-refractivity contribution in [3.63, 3.8) is 0 Å². The third kappa shape index (κ3) is 4.50. The van der Waals surface area contributed by atoms with Crippen LogP contribution in [0.25, 0.3) is 0 Å². The van der Waals surface area contributed by atoms with Crippen molar-refractivity contribution in [2.24, 2.45) is 0 Å². The highest BCUT2D eigenvalue weighted by Crippen LogP contribution is 2.18. The first kappa shape index (κ1) is 15.9. The highest BCUT2D eigenvalue weighted by Gasteiger charge is 2.37. The molecule has 2 N–H and O–H groups in total. The number of hydrogen-bond donors (Lipinski definition) is 2. The van der Waals surface area contributed by atoms with Gasteiger partial charge in [-0.15, -0.1) is 11.6 Å². The number of amides is 1. The molecular weight excluding hydrogens is 316 g/mol. The van der Waals surface area contributed by atoms with Crippen molar-refractivity contribution in [1.29, 1.82) is 0 Å². The molecule has 0 aromatic heterocycles. The minimum atomic E-state index is -3.16. The van der Waals surface area contributed by atoms with Crippen LogP contribution in [0.4, 0.5) is 5.69 Å². The maximum absolute atomic E-state index is 11.8. The van der Waals surface area contributed by atoms with Crippen LogP contribution in [0.15, 0.2) is 24.3 Å². The summed E-state index contributed by atoms with van der Waals surface area (Å²) in [7, 11) is -1.35. The fourth-order valence-corrected chi connectivity index (χ4v) is 4.60. The lowest BCUT2D eigenvalue weighted by Gasteiger charge is -2.14. The van der Waals surface area contributed by atoms with E-state index in [1.807, 2.05) is 19.2 Å². The third-order valence-corrected chi connectivity index (χ3v) is 5.52. The average molecular weight is 333 g/mol. The van der Waals surface area contributed by atoms with Gasteiger partial charge in [-0.05, 0) is 24.3 Å². The third-order valence-electron chi connectivity index (χ3n) is 3.14. The zero-order valence-corrected chi connectivity index (χ0v) is 13.1. The van der Waals surface area contributed by atoms with Crippen molar-refractivity contribution in [2.45, 2.75) is 11.4 Å². The van der Waals surface area contributed by atoms with Gasteiger partial charge in [-0.3, -0.25) is 4.79 Å². The first-order valence-corrected chi connectivity index (χ1v) is 8.70. The van der Waals surface area contributed by atoms with E-state index in [0.29, 0.717) is 5.75 Å². The molecule has 1 amide bonds. The van der Waals surface area contributed by atoms with Crippen molar-refractivity contribution < 1.29 is 17.9 Å². The van der Waals surface area contributed by atoms with Crippen LogP contribution in [0, 0.1) is 0 Å². The van der Waals surface area contributed by atoms with E-state index in [0.717, 1.165) is 5.69 Å². The Morgan fingerprint density at radius 2 is 2.00 bits per heavy atom. The quantitative estimate of drug-likeness (QED) is 0.773. The zero-order chi connectivity index (χ0) is 15.5. The Balaban J connectivity index is 1.82. The first-order chi connectivity index (χ1) is 9.89. The number of rotatable bonds is 5. The summed E-state index contributed by atoms with van der Waals surface area (Å²) in [5.74, 6) is -0.0543. The smallest absolute Gasteiger partial charge is 0.258 e. The second kappa shape index (κ2) is 6.53. The van der Waals surface area contributed by atoms with Gasteiger partial charge in [-0.25, -0.2) is 8.42 Å². The van der Waals surface area contributed by atoms with E-state index in [1.165, 1.54) is 0 Å². The van der Waals surface area contributed by atoms with Crippen LogP contribution in [0.1, 0.15) is 0 Å². The molecule has 2 atom stereocenters. The minimum absolute atomic E-state index is 0.105. The minimum Gasteiger partial charge on any atom is -0.484 e. The van der Waals surface area contributed by atoms with E-state index in [9.17, 15) is 13.2 Å². The van der Waals surface area contributed by atoms with Crippen LogP contribution in [0.5, 0.6) is 5.75 Å². The summed E-state index contributed by atoms with van der Waals surface area (Å²) in [6.07, 6.45) is 0. The van der Waals surface area contributed by atoms with Crippen molar-refractivity contribution in [1.82, 2.24) is 5.32 Å². The SMILES string of the molecule is CNc1ccc(OCC(=O)NC2CS(=O)(=O)CC2Cl)cc1. The number of alkyl halides is 1. The van der Waals surface area contributed by atoms with Gasteiger partial charge in [0.2, 0.25) is 0 Å². The number of hydrogen-bond acceptors (Lipinski definition) is 5. The van der Waals surface area contributed by atoms with Crippen molar-refractivity contribution in [2.75, 3.05) is 30.5 Å². The fraction of sp³-hybridized carbons (Fsp3) is 0.462. The van der Waals surface area contributed by atoms with Gasteiger partial charge >= 0.3 is 0 Å². The number of carbonyl (C=O) groups is 1. The van der Waals surface area contributed by atoms with E-state index in [-0.39, 0.29) is 24.0 Å². The van der Waals surface area contributed by atoms with Crippen molar-refractivity contribution in [3.05, 3.63) is 24.3 Å². The van der Waals surface area contributed by atoms with Crippen LogP contribution in [0.2, 0.25) is 0 Å². The summed E-state index contributed by atoms with van der Waals surface area (Å²) >= 11 is 5.92. The molecule has 1 fully saturated rings. The molecule has 0 radical (unpaired) electrons. The normalized spacial score (nSPS) is 23.5. The Hall–Kier alpha value is -1.47. The molecule has 0 saturated carbocycles. The molecule has 2 rings (SSSR count). The van der Waals surface area contributed by atoms with Crippen LogP contribution in [0.3, 0.4) is 0 Å². The van der Waals surface area contributed by atoms with Gasteiger partial charge in [-0.2, -0.15) is 0 Å². The highest BCUT2D eigenvalue weighted by molar-refractivity contribution is 7.91. The van der Waals surface area contributed by atoms with Crippen LogP contribution in [-0.2, 0) is 14.6 Å². The standard InChI is InChI=1S/C13H17ClN2O4S/c1-15-9-2-4-10(5-3-9)20-6-13(17)16-12-8-21(18,19)7-11(12)14/h2-5,11-12,15H,6-8H2,1H3,(H,16,17). The predicted octanol–water partition coefficient (Wildman–Crippen LogP) is 0.628. The molecule has 1 aliphatic rings. The Labute approximate surface area is 128 Å². The Bertz CT molecular complexity index is 603. The van der Waals surface area contributed by atoms with E-state index >= 15 is 0 Å². The van der Waals surface area contributed by atoms with Gasteiger partial charge in [0.25, 0.3) is 5.91 Å². The van der Waals surface area contributed by atoms with Gasteiger partial charge in [0.1, 0.15) is 5.75 Å². The molecule has 6 nitrogen and oxygen atoms in total. The van der Waals surface area contributed by atoms with E-state index in [1.54, 1.807) is 12.1 Å². The van der Waals surface area contributed by atoms with E-state index in [2.05, 4.69) is 10.6 Å². The number of benzene rings is 1. The maximum atomic E-state index is 11.8. The monoisotopic (exact) mass is 332 g/mol. The molecule has 1 heterocycles. The lowest BCUT2D eigenvalue weighted by molar-refractivity contribution is -0.123. The lowest BCUT2D eigenvalue weighted by Crippen LogP contribution is -2.42. The van der Waals surface area contributed by atoms with Gasteiger partial charge in [0, 0.05) is 12.7 Å². The summed E-state index contributed by atoms with van der Waals surface area (Å²) in [5, 5.41) is 4.97. The van der Waals surface area contributed by atoms with Crippen molar-refractivity contribution >= 4 is 33.0 Å². The second-order valence-corrected chi connectivity index (χ2v) is 7.54. The molecule has 1 aromatic rings. The predicted molar refractivity (Wildman–Crippen MR) is 81.7 cm³/mol. The largest absolute Gasteiger partial charge is 0.484 e. The lowest BCUT2D eigenvalue weighted by atomic mass is 10.2. The Morgan fingerprint density at radius 1 is 1.33 bits per heavy atom. The summed E-state index contributed by atoms with van der Waals surface area (Å²) < 4.78 is 28.1.